The Morgan fingerprint density at radius 3 is 2.25 bits per heavy atom. The minimum absolute atomic E-state index is 0. The van der Waals surface area contributed by atoms with Crippen LogP contribution in [0.25, 0.3) is 0 Å². The molecule has 2 aromatic carbocycles. The Hall–Kier alpha value is -1.65. The smallest absolute Gasteiger partial charge is 0.240 e. The highest BCUT2D eigenvalue weighted by Gasteiger charge is 2.13. The highest BCUT2D eigenvalue weighted by Crippen LogP contribution is 2.25. The van der Waals surface area contributed by atoms with Crippen molar-refractivity contribution in [2.24, 2.45) is 5.73 Å². The fourth-order valence-electron chi connectivity index (χ4n) is 1.76. The second-order valence-electron chi connectivity index (χ2n) is 4.22. The first-order valence-electron chi connectivity index (χ1n) is 6.02. The third-order valence-electron chi connectivity index (χ3n) is 2.70. The van der Waals surface area contributed by atoms with Crippen LogP contribution in [0.4, 0.5) is 8.78 Å². The Labute approximate surface area is 123 Å². The fourth-order valence-corrected chi connectivity index (χ4v) is 1.76. The van der Waals surface area contributed by atoms with Gasteiger partial charge in [-0.05, 0) is 29.8 Å². The molecule has 0 radical (unpaired) electrons. The minimum Gasteiger partial charge on any atom is -0.457 e. The van der Waals surface area contributed by atoms with Gasteiger partial charge >= 0.3 is 0 Å². The molecule has 5 heteroatoms. The molecule has 20 heavy (non-hydrogen) atoms. The van der Waals surface area contributed by atoms with Crippen LogP contribution < -0.4 is 10.5 Å². The molecule has 2 rings (SSSR count). The second-order valence-corrected chi connectivity index (χ2v) is 4.22. The number of benzene rings is 2. The van der Waals surface area contributed by atoms with Crippen LogP contribution in [0.3, 0.4) is 0 Å². The summed E-state index contributed by atoms with van der Waals surface area (Å²) in [6, 6.07) is 15.5. The van der Waals surface area contributed by atoms with Gasteiger partial charge < -0.3 is 10.5 Å². The van der Waals surface area contributed by atoms with Gasteiger partial charge in [0, 0.05) is 12.5 Å². The summed E-state index contributed by atoms with van der Waals surface area (Å²) in [4.78, 5) is 0. The first kappa shape index (κ1) is 16.4. The molecule has 0 saturated carbocycles. The molecule has 108 valence electrons. The van der Waals surface area contributed by atoms with Crippen LogP contribution in [-0.4, -0.2) is 6.43 Å². The number of alkyl halides is 2. The summed E-state index contributed by atoms with van der Waals surface area (Å²) >= 11 is 0. The quantitative estimate of drug-likeness (QED) is 0.878. The number of hydrogen-bond donors (Lipinski definition) is 1. The van der Waals surface area contributed by atoms with Gasteiger partial charge in [-0.1, -0.05) is 30.3 Å². The maximum absolute atomic E-state index is 12.3. The lowest BCUT2D eigenvalue weighted by atomic mass is 10.0. The first-order chi connectivity index (χ1) is 9.15. The van der Waals surface area contributed by atoms with Crippen molar-refractivity contribution in [3.63, 3.8) is 0 Å². The van der Waals surface area contributed by atoms with Crippen molar-refractivity contribution in [2.45, 2.75) is 18.9 Å². The van der Waals surface area contributed by atoms with E-state index in [0.29, 0.717) is 17.1 Å². The molecule has 0 heterocycles. The van der Waals surface area contributed by atoms with E-state index in [2.05, 4.69) is 0 Å². The Kier molecular flexibility index (Phi) is 6.42. The van der Waals surface area contributed by atoms with Gasteiger partial charge in [-0.3, -0.25) is 0 Å². The van der Waals surface area contributed by atoms with Gasteiger partial charge in [0.05, 0.1) is 0 Å². The fraction of sp³-hybridized carbons (Fsp3) is 0.200. The third-order valence-corrected chi connectivity index (χ3v) is 2.70. The van der Waals surface area contributed by atoms with E-state index in [-0.39, 0.29) is 18.8 Å². The van der Waals surface area contributed by atoms with Crippen molar-refractivity contribution in [1.29, 1.82) is 0 Å². The molecule has 0 aliphatic rings. The lowest BCUT2D eigenvalue weighted by Crippen LogP contribution is -2.13. The predicted octanol–water partition coefficient (Wildman–Crippen LogP) is 4.56. The topological polar surface area (TPSA) is 35.2 Å². The van der Waals surface area contributed by atoms with Crippen LogP contribution in [-0.2, 0) is 0 Å². The standard InChI is InChI=1S/C15H15F2NO.ClH/c16-15(17)10-14(18)11-5-4-8-13(9-11)19-12-6-2-1-3-7-12;/h1-9,14-15H,10,18H2;1H/t14-;/m0./s1. The summed E-state index contributed by atoms with van der Waals surface area (Å²) < 4.78 is 30.2. The van der Waals surface area contributed by atoms with Gasteiger partial charge in [-0.15, -0.1) is 12.4 Å². The molecular formula is C15H16ClF2NO. The molecule has 0 aliphatic carbocycles. The number of ether oxygens (including phenoxy) is 1. The summed E-state index contributed by atoms with van der Waals surface area (Å²) in [6.45, 7) is 0. The van der Waals surface area contributed by atoms with Gasteiger partial charge in [-0.25, -0.2) is 8.78 Å². The molecule has 2 N–H and O–H groups in total. The van der Waals surface area contributed by atoms with Crippen LogP contribution in [0.1, 0.15) is 18.0 Å². The lowest BCUT2D eigenvalue weighted by molar-refractivity contribution is 0.128. The number of hydrogen-bond acceptors (Lipinski definition) is 2. The van der Waals surface area contributed by atoms with Crippen molar-refractivity contribution in [2.75, 3.05) is 0 Å². The summed E-state index contributed by atoms with van der Waals surface area (Å²) in [5.74, 6) is 1.29. The summed E-state index contributed by atoms with van der Waals surface area (Å²) in [6.07, 6.45) is -2.76. The third kappa shape index (κ3) is 4.79. The maximum Gasteiger partial charge on any atom is 0.240 e. The number of para-hydroxylation sites is 1. The van der Waals surface area contributed by atoms with Crippen molar-refractivity contribution in [1.82, 2.24) is 0 Å². The molecule has 2 nitrogen and oxygen atoms in total. The largest absolute Gasteiger partial charge is 0.457 e. The van der Waals surface area contributed by atoms with E-state index in [0.717, 1.165) is 0 Å². The molecule has 0 amide bonds. The lowest BCUT2D eigenvalue weighted by Gasteiger charge is -2.13. The van der Waals surface area contributed by atoms with Gasteiger partial charge in [0.25, 0.3) is 0 Å². The van der Waals surface area contributed by atoms with Crippen LogP contribution in [0.2, 0.25) is 0 Å². The van der Waals surface area contributed by atoms with Crippen LogP contribution in [0, 0.1) is 0 Å². The maximum atomic E-state index is 12.3. The molecule has 0 aromatic heterocycles. The van der Waals surface area contributed by atoms with E-state index >= 15 is 0 Å². The van der Waals surface area contributed by atoms with Crippen LogP contribution in [0.5, 0.6) is 11.5 Å². The number of rotatable bonds is 5. The van der Waals surface area contributed by atoms with Crippen molar-refractivity contribution in [3.8, 4) is 11.5 Å². The zero-order valence-electron chi connectivity index (χ0n) is 10.7. The first-order valence-corrected chi connectivity index (χ1v) is 6.02. The highest BCUT2D eigenvalue weighted by atomic mass is 35.5. The molecule has 2 aromatic rings. The predicted molar refractivity (Wildman–Crippen MR) is 77.8 cm³/mol. The number of nitrogens with two attached hydrogens (primary N) is 1. The van der Waals surface area contributed by atoms with E-state index in [4.69, 9.17) is 10.5 Å². The molecular weight excluding hydrogens is 284 g/mol. The molecule has 0 bridgehead atoms. The monoisotopic (exact) mass is 299 g/mol. The van der Waals surface area contributed by atoms with E-state index < -0.39 is 12.5 Å². The van der Waals surface area contributed by atoms with Gasteiger partial charge in [0.2, 0.25) is 6.43 Å². The zero-order valence-corrected chi connectivity index (χ0v) is 11.5. The van der Waals surface area contributed by atoms with Crippen molar-refractivity contribution in [3.05, 3.63) is 60.2 Å². The zero-order chi connectivity index (χ0) is 13.7. The Balaban J connectivity index is 0.00000200. The molecule has 0 saturated heterocycles. The SMILES string of the molecule is Cl.N[C@@H](CC(F)F)c1cccc(Oc2ccccc2)c1. The number of halogens is 3. The van der Waals surface area contributed by atoms with E-state index in [9.17, 15) is 8.78 Å². The van der Waals surface area contributed by atoms with Crippen molar-refractivity contribution >= 4 is 12.4 Å². The molecule has 0 fully saturated rings. The summed E-state index contributed by atoms with van der Waals surface area (Å²) in [5.41, 5.74) is 6.37. The average Bonchev–Trinajstić information content (AvgIpc) is 2.39. The second kappa shape index (κ2) is 7.82. The van der Waals surface area contributed by atoms with E-state index in [1.165, 1.54) is 0 Å². The van der Waals surface area contributed by atoms with Crippen molar-refractivity contribution < 1.29 is 13.5 Å². The van der Waals surface area contributed by atoms with Gasteiger partial charge in [0.1, 0.15) is 11.5 Å². The van der Waals surface area contributed by atoms with E-state index in [1.54, 1.807) is 24.3 Å². The molecule has 1 atom stereocenters. The van der Waals surface area contributed by atoms with Gasteiger partial charge in [-0.2, -0.15) is 0 Å². The van der Waals surface area contributed by atoms with Gasteiger partial charge in [0.15, 0.2) is 0 Å². The molecule has 0 aliphatic heterocycles. The van der Waals surface area contributed by atoms with Crippen LogP contribution >= 0.6 is 12.4 Å². The molecule has 0 spiro atoms. The summed E-state index contributed by atoms with van der Waals surface area (Å²) in [7, 11) is 0. The van der Waals surface area contributed by atoms with Crippen LogP contribution in [0.15, 0.2) is 54.6 Å². The minimum atomic E-state index is -2.41. The Morgan fingerprint density at radius 1 is 0.950 bits per heavy atom. The molecule has 0 unspecified atom stereocenters. The Morgan fingerprint density at radius 2 is 1.60 bits per heavy atom. The van der Waals surface area contributed by atoms with E-state index in [1.807, 2.05) is 30.3 Å². The average molecular weight is 300 g/mol. The Bertz CT molecular complexity index is 522. The summed E-state index contributed by atoms with van der Waals surface area (Å²) in [5, 5.41) is 0. The highest BCUT2D eigenvalue weighted by molar-refractivity contribution is 5.85. The normalized spacial score (nSPS) is 11.8.